The molecule has 0 heterocycles. The van der Waals surface area contributed by atoms with E-state index >= 15 is 0 Å². The second kappa shape index (κ2) is 10.3. The van der Waals surface area contributed by atoms with Crippen molar-refractivity contribution in [2.45, 2.75) is 13.8 Å². The van der Waals surface area contributed by atoms with Gasteiger partial charge in [-0.1, -0.05) is 11.6 Å². The molecule has 2 amide bonds. The number of ether oxygens (including phenoxy) is 1. The Hall–Kier alpha value is -3.26. The number of carbonyl (C=O) groups is 3. The minimum atomic E-state index is -0.793. The SMILES string of the molecule is CCN(CC)c1ccc(C(=O)NNC(=O)COC(=O)c2cc(Cl)ccc2N)cc1. The molecule has 0 atom stereocenters. The number of halogens is 1. The lowest BCUT2D eigenvalue weighted by Gasteiger charge is -2.21. The first kappa shape index (κ1) is 22.0. The number of hydrazine groups is 1. The van der Waals surface area contributed by atoms with Crippen LogP contribution in [0.2, 0.25) is 5.02 Å². The van der Waals surface area contributed by atoms with E-state index in [0.29, 0.717) is 10.6 Å². The monoisotopic (exact) mass is 418 g/mol. The minimum Gasteiger partial charge on any atom is -0.452 e. The molecule has 0 aliphatic heterocycles. The van der Waals surface area contributed by atoms with Crippen LogP contribution in [0.25, 0.3) is 0 Å². The molecule has 0 aliphatic rings. The highest BCUT2D eigenvalue weighted by Gasteiger charge is 2.14. The van der Waals surface area contributed by atoms with Crippen LogP contribution < -0.4 is 21.5 Å². The number of rotatable bonds is 7. The van der Waals surface area contributed by atoms with Crippen molar-refractivity contribution in [3.8, 4) is 0 Å². The number of nitrogen functional groups attached to an aromatic ring is 1. The van der Waals surface area contributed by atoms with Crippen LogP contribution in [-0.2, 0) is 9.53 Å². The highest BCUT2D eigenvalue weighted by atomic mass is 35.5. The maximum Gasteiger partial charge on any atom is 0.340 e. The van der Waals surface area contributed by atoms with E-state index < -0.39 is 24.4 Å². The number of anilines is 2. The standard InChI is InChI=1S/C20H23ClN4O4/c1-3-25(4-2)15-8-5-13(6-9-15)19(27)24-23-18(26)12-29-20(28)16-11-14(21)7-10-17(16)22/h5-11H,3-4,12,22H2,1-2H3,(H,23,26)(H,24,27). The summed E-state index contributed by atoms with van der Waals surface area (Å²) in [6, 6.07) is 11.3. The van der Waals surface area contributed by atoms with Crippen molar-refractivity contribution < 1.29 is 19.1 Å². The molecule has 2 aromatic carbocycles. The van der Waals surface area contributed by atoms with Crippen LogP contribution in [0, 0.1) is 0 Å². The lowest BCUT2D eigenvalue weighted by atomic mass is 10.2. The molecular weight excluding hydrogens is 396 g/mol. The van der Waals surface area contributed by atoms with E-state index in [0.717, 1.165) is 18.8 Å². The first-order valence-electron chi connectivity index (χ1n) is 9.02. The van der Waals surface area contributed by atoms with Crippen molar-refractivity contribution >= 4 is 40.8 Å². The number of nitrogens with one attached hydrogen (secondary N) is 2. The molecule has 0 saturated carbocycles. The molecule has 0 bridgehead atoms. The molecule has 29 heavy (non-hydrogen) atoms. The van der Waals surface area contributed by atoms with Crippen molar-refractivity contribution in [1.82, 2.24) is 10.9 Å². The van der Waals surface area contributed by atoms with Crippen LogP contribution in [0.4, 0.5) is 11.4 Å². The van der Waals surface area contributed by atoms with E-state index in [1.807, 2.05) is 26.0 Å². The molecule has 0 aliphatic carbocycles. The predicted octanol–water partition coefficient (Wildman–Crippen LogP) is 2.39. The minimum absolute atomic E-state index is 0.0580. The number of nitrogens with two attached hydrogens (primary N) is 1. The summed E-state index contributed by atoms with van der Waals surface area (Å²) in [5, 5.41) is 0.315. The average Bonchev–Trinajstić information content (AvgIpc) is 2.73. The first-order valence-corrected chi connectivity index (χ1v) is 9.39. The number of hydrogen-bond acceptors (Lipinski definition) is 6. The molecule has 0 radical (unpaired) electrons. The van der Waals surface area contributed by atoms with Gasteiger partial charge in [0.1, 0.15) is 0 Å². The highest BCUT2D eigenvalue weighted by Crippen LogP contribution is 2.18. The Balaban J connectivity index is 1.83. The van der Waals surface area contributed by atoms with Gasteiger partial charge in [0.05, 0.1) is 5.56 Å². The number of carbonyl (C=O) groups excluding carboxylic acids is 3. The molecule has 0 unspecified atom stereocenters. The van der Waals surface area contributed by atoms with Crippen molar-refractivity contribution in [3.05, 3.63) is 58.6 Å². The molecular formula is C20H23ClN4O4. The Morgan fingerprint density at radius 2 is 1.69 bits per heavy atom. The van der Waals surface area contributed by atoms with E-state index in [1.165, 1.54) is 18.2 Å². The van der Waals surface area contributed by atoms with Gasteiger partial charge in [0, 0.05) is 35.1 Å². The Bertz CT molecular complexity index is 883. The predicted molar refractivity (Wildman–Crippen MR) is 112 cm³/mol. The summed E-state index contributed by atoms with van der Waals surface area (Å²) < 4.78 is 4.88. The number of amides is 2. The van der Waals surface area contributed by atoms with Gasteiger partial charge in [-0.05, 0) is 56.3 Å². The molecule has 154 valence electrons. The summed E-state index contributed by atoms with van der Waals surface area (Å²) >= 11 is 5.82. The quantitative estimate of drug-likeness (QED) is 0.361. The van der Waals surface area contributed by atoms with E-state index in [1.54, 1.807) is 12.1 Å². The fraction of sp³-hybridized carbons (Fsp3) is 0.250. The Kier molecular flexibility index (Phi) is 7.85. The van der Waals surface area contributed by atoms with E-state index in [2.05, 4.69) is 15.8 Å². The van der Waals surface area contributed by atoms with Crippen molar-refractivity contribution in [2.75, 3.05) is 30.3 Å². The summed E-state index contributed by atoms with van der Waals surface area (Å²) in [6.45, 7) is 5.22. The largest absolute Gasteiger partial charge is 0.452 e. The van der Waals surface area contributed by atoms with E-state index in [9.17, 15) is 14.4 Å². The van der Waals surface area contributed by atoms with Crippen LogP contribution in [0.5, 0.6) is 0 Å². The molecule has 0 fully saturated rings. The molecule has 4 N–H and O–H groups in total. The number of esters is 1. The van der Waals surface area contributed by atoms with Crippen LogP contribution in [0.3, 0.4) is 0 Å². The maximum absolute atomic E-state index is 12.1. The molecule has 0 spiro atoms. The van der Waals surface area contributed by atoms with Gasteiger partial charge in [0.2, 0.25) is 0 Å². The molecule has 2 rings (SSSR count). The Labute approximate surface area is 173 Å². The molecule has 0 saturated heterocycles. The van der Waals surface area contributed by atoms with Gasteiger partial charge in [0.15, 0.2) is 6.61 Å². The Morgan fingerprint density at radius 3 is 2.31 bits per heavy atom. The second-order valence-corrected chi connectivity index (χ2v) is 6.47. The third-order valence-corrected chi connectivity index (χ3v) is 4.38. The van der Waals surface area contributed by atoms with Crippen molar-refractivity contribution in [3.63, 3.8) is 0 Å². The summed E-state index contributed by atoms with van der Waals surface area (Å²) in [5.74, 6) is -1.99. The maximum atomic E-state index is 12.1. The summed E-state index contributed by atoms with van der Waals surface area (Å²) in [5.41, 5.74) is 11.8. The molecule has 0 aromatic heterocycles. The lowest BCUT2D eigenvalue weighted by molar-refractivity contribution is -0.125. The van der Waals surface area contributed by atoms with Crippen LogP contribution in [0.1, 0.15) is 34.6 Å². The summed E-state index contributed by atoms with van der Waals surface area (Å²) in [6.07, 6.45) is 0. The lowest BCUT2D eigenvalue weighted by Crippen LogP contribution is -2.43. The Morgan fingerprint density at radius 1 is 1.03 bits per heavy atom. The van der Waals surface area contributed by atoms with Gasteiger partial charge in [-0.3, -0.25) is 20.4 Å². The summed E-state index contributed by atoms with van der Waals surface area (Å²) in [7, 11) is 0. The fourth-order valence-corrected chi connectivity index (χ4v) is 2.73. The molecule has 8 nitrogen and oxygen atoms in total. The van der Waals surface area contributed by atoms with E-state index in [4.69, 9.17) is 22.1 Å². The number of benzene rings is 2. The topological polar surface area (TPSA) is 114 Å². The number of hydrogen-bond donors (Lipinski definition) is 3. The van der Waals surface area contributed by atoms with Crippen molar-refractivity contribution in [2.24, 2.45) is 0 Å². The van der Waals surface area contributed by atoms with Gasteiger partial charge in [0.25, 0.3) is 11.8 Å². The van der Waals surface area contributed by atoms with Gasteiger partial charge in [-0.2, -0.15) is 0 Å². The normalized spacial score (nSPS) is 10.2. The molecule has 9 heteroatoms. The molecule has 2 aromatic rings. The third-order valence-electron chi connectivity index (χ3n) is 4.14. The zero-order chi connectivity index (χ0) is 21.4. The third kappa shape index (κ3) is 6.11. The highest BCUT2D eigenvalue weighted by molar-refractivity contribution is 6.31. The second-order valence-electron chi connectivity index (χ2n) is 6.03. The van der Waals surface area contributed by atoms with Gasteiger partial charge >= 0.3 is 5.97 Å². The van der Waals surface area contributed by atoms with E-state index in [-0.39, 0.29) is 11.3 Å². The zero-order valence-corrected chi connectivity index (χ0v) is 17.0. The van der Waals surface area contributed by atoms with Crippen LogP contribution >= 0.6 is 11.6 Å². The van der Waals surface area contributed by atoms with Gasteiger partial charge in [-0.15, -0.1) is 0 Å². The van der Waals surface area contributed by atoms with Crippen molar-refractivity contribution in [1.29, 1.82) is 0 Å². The fourth-order valence-electron chi connectivity index (χ4n) is 2.56. The summed E-state index contributed by atoms with van der Waals surface area (Å²) in [4.78, 5) is 38.1. The smallest absolute Gasteiger partial charge is 0.340 e. The van der Waals surface area contributed by atoms with Crippen LogP contribution in [0.15, 0.2) is 42.5 Å². The average molecular weight is 419 g/mol. The van der Waals surface area contributed by atoms with Gasteiger partial charge in [-0.25, -0.2) is 4.79 Å². The zero-order valence-electron chi connectivity index (χ0n) is 16.2. The van der Waals surface area contributed by atoms with Gasteiger partial charge < -0.3 is 15.4 Å². The first-order chi connectivity index (χ1) is 13.8. The number of nitrogens with zero attached hydrogens (tertiary/aromatic N) is 1. The van der Waals surface area contributed by atoms with Crippen LogP contribution in [-0.4, -0.2) is 37.5 Å².